The first-order valence-electron chi connectivity index (χ1n) is 7.05. The highest BCUT2D eigenvalue weighted by molar-refractivity contribution is 5.88. The molecule has 0 aliphatic carbocycles. The number of carboxylic acid groups (broad SMARTS) is 1. The highest BCUT2D eigenvalue weighted by atomic mass is 19.1. The van der Waals surface area contributed by atoms with Gasteiger partial charge in [-0.3, -0.25) is 0 Å². The minimum absolute atomic E-state index is 0.328. The molecule has 1 saturated heterocycles. The van der Waals surface area contributed by atoms with E-state index in [1.54, 1.807) is 0 Å². The van der Waals surface area contributed by atoms with Gasteiger partial charge in [0.1, 0.15) is 11.6 Å². The van der Waals surface area contributed by atoms with Gasteiger partial charge in [0.25, 0.3) is 0 Å². The molecule has 110 valence electrons. The third-order valence-corrected chi connectivity index (χ3v) is 3.51. The average Bonchev–Trinajstić information content (AvgIpc) is 2.44. The number of halogens is 1. The fraction of sp³-hybridized carbons (Fsp3) is 0.533. The SMILES string of the molecule is O=C(O)c1ccc(OCCCN2CCCCC2)cc1F. The summed E-state index contributed by atoms with van der Waals surface area (Å²) in [7, 11) is 0. The van der Waals surface area contributed by atoms with Crippen molar-refractivity contribution in [3.8, 4) is 5.75 Å². The molecule has 5 heteroatoms. The molecular formula is C15H20FNO3. The Morgan fingerprint density at radius 2 is 2.05 bits per heavy atom. The number of rotatable bonds is 6. The fourth-order valence-corrected chi connectivity index (χ4v) is 2.42. The maximum absolute atomic E-state index is 13.4. The van der Waals surface area contributed by atoms with Gasteiger partial charge in [0, 0.05) is 12.6 Å². The molecular weight excluding hydrogens is 261 g/mol. The number of hydrogen-bond acceptors (Lipinski definition) is 3. The van der Waals surface area contributed by atoms with Gasteiger partial charge in [0.2, 0.25) is 0 Å². The van der Waals surface area contributed by atoms with Gasteiger partial charge in [-0.1, -0.05) is 6.42 Å². The van der Waals surface area contributed by atoms with Crippen molar-refractivity contribution in [1.82, 2.24) is 4.90 Å². The molecule has 1 aliphatic rings. The van der Waals surface area contributed by atoms with E-state index in [2.05, 4.69) is 4.90 Å². The van der Waals surface area contributed by atoms with E-state index in [1.165, 1.54) is 31.4 Å². The van der Waals surface area contributed by atoms with Crippen molar-refractivity contribution in [2.24, 2.45) is 0 Å². The molecule has 2 rings (SSSR count). The second-order valence-electron chi connectivity index (χ2n) is 5.05. The molecule has 0 bridgehead atoms. The molecule has 1 fully saturated rings. The molecule has 1 aliphatic heterocycles. The van der Waals surface area contributed by atoms with Crippen LogP contribution in [0.2, 0.25) is 0 Å². The van der Waals surface area contributed by atoms with E-state index in [0.29, 0.717) is 12.4 Å². The lowest BCUT2D eigenvalue weighted by molar-refractivity contribution is 0.0692. The number of ether oxygens (including phenoxy) is 1. The Labute approximate surface area is 118 Å². The van der Waals surface area contributed by atoms with Gasteiger partial charge in [-0.05, 0) is 44.5 Å². The standard InChI is InChI=1S/C15H20FNO3/c16-14-11-12(5-6-13(14)15(18)19)20-10-4-9-17-7-2-1-3-8-17/h5-6,11H,1-4,7-10H2,(H,18,19). The number of carbonyl (C=O) groups is 1. The number of benzene rings is 1. The van der Waals surface area contributed by atoms with Crippen molar-refractivity contribution >= 4 is 5.97 Å². The highest BCUT2D eigenvalue weighted by Crippen LogP contribution is 2.17. The first-order valence-corrected chi connectivity index (χ1v) is 7.05. The summed E-state index contributed by atoms with van der Waals surface area (Å²) in [6.45, 7) is 3.82. The monoisotopic (exact) mass is 281 g/mol. The van der Waals surface area contributed by atoms with Gasteiger partial charge in [-0.25, -0.2) is 9.18 Å². The second-order valence-corrected chi connectivity index (χ2v) is 5.05. The van der Waals surface area contributed by atoms with E-state index in [-0.39, 0.29) is 5.56 Å². The average molecular weight is 281 g/mol. The quantitative estimate of drug-likeness (QED) is 0.815. The Morgan fingerprint density at radius 1 is 1.30 bits per heavy atom. The minimum atomic E-state index is -1.26. The van der Waals surface area contributed by atoms with E-state index in [1.807, 2.05) is 0 Å². The first-order chi connectivity index (χ1) is 9.66. The lowest BCUT2D eigenvalue weighted by atomic mass is 10.1. The molecule has 0 aromatic heterocycles. The second kappa shape index (κ2) is 7.24. The zero-order valence-corrected chi connectivity index (χ0v) is 11.5. The Bertz CT molecular complexity index is 458. The minimum Gasteiger partial charge on any atom is -0.493 e. The molecule has 0 spiro atoms. The maximum atomic E-state index is 13.4. The fourth-order valence-electron chi connectivity index (χ4n) is 2.42. The van der Waals surface area contributed by atoms with Crippen LogP contribution in [-0.2, 0) is 0 Å². The molecule has 4 nitrogen and oxygen atoms in total. The summed E-state index contributed by atoms with van der Waals surface area (Å²) >= 11 is 0. The predicted octanol–water partition coefficient (Wildman–Crippen LogP) is 2.78. The summed E-state index contributed by atoms with van der Waals surface area (Å²) in [6, 6.07) is 3.86. The van der Waals surface area contributed by atoms with E-state index in [0.717, 1.165) is 32.1 Å². The lowest BCUT2D eigenvalue weighted by Gasteiger charge is -2.26. The summed E-state index contributed by atoms with van der Waals surface area (Å²) < 4.78 is 18.9. The van der Waals surface area contributed by atoms with Crippen molar-refractivity contribution in [3.63, 3.8) is 0 Å². The predicted molar refractivity (Wildman–Crippen MR) is 73.8 cm³/mol. The Kier molecular flexibility index (Phi) is 5.35. The third-order valence-electron chi connectivity index (χ3n) is 3.51. The number of hydrogen-bond donors (Lipinski definition) is 1. The molecule has 20 heavy (non-hydrogen) atoms. The molecule has 1 heterocycles. The van der Waals surface area contributed by atoms with Crippen molar-refractivity contribution in [2.45, 2.75) is 25.7 Å². The summed E-state index contributed by atoms with van der Waals surface area (Å²) in [6.07, 6.45) is 4.75. The maximum Gasteiger partial charge on any atom is 0.338 e. The normalized spacial score (nSPS) is 16.1. The molecule has 0 saturated carbocycles. The van der Waals surface area contributed by atoms with Gasteiger partial charge >= 0.3 is 5.97 Å². The zero-order chi connectivity index (χ0) is 14.4. The van der Waals surface area contributed by atoms with E-state index >= 15 is 0 Å². The van der Waals surface area contributed by atoms with Crippen molar-refractivity contribution < 1.29 is 19.0 Å². The molecule has 0 radical (unpaired) electrons. The van der Waals surface area contributed by atoms with Gasteiger partial charge in [0.15, 0.2) is 0 Å². The van der Waals surface area contributed by atoms with E-state index < -0.39 is 11.8 Å². The Hall–Kier alpha value is -1.62. The number of piperidine rings is 1. The first kappa shape index (κ1) is 14.8. The van der Waals surface area contributed by atoms with Crippen LogP contribution in [0.5, 0.6) is 5.75 Å². The smallest absolute Gasteiger partial charge is 0.338 e. The topological polar surface area (TPSA) is 49.8 Å². The molecule has 0 amide bonds. The zero-order valence-electron chi connectivity index (χ0n) is 11.5. The lowest BCUT2D eigenvalue weighted by Crippen LogP contribution is -2.31. The van der Waals surface area contributed by atoms with Crippen LogP contribution in [0.15, 0.2) is 18.2 Å². The van der Waals surface area contributed by atoms with Crippen LogP contribution in [-0.4, -0.2) is 42.2 Å². The Balaban J connectivity index is 1.73. The van der Waals surface area contributed by atoms with Gasteiger partial charge in [-0.2, -0.15) is 0 Å². The number of aromatic carboxylic acids is 1. The van der Waals surface area contributed by atoms with Crippen molar-refractivity contribution in [1.29, 1.82) is 0 Å². The molecule has 1 aromatic carbocycles. The van der Waals surface area contributed by atoms with Crippen molar-refractivity contribution in [2.75, 3.05) is 26.2 Å². The van der Waals surface area contributed by atoms with Crippen LogP contribution < -0.4 is 4.74 Å². The van der Waals surface area contributed by atoms with Crippen LogP contribution in [0, 0.1) is 5.82 Å². The van der Waals surface area contributed by atoms with Gasteiger partial charge in [-0.15, -0.1) is 0 Å². The van der Waals surface area contributed by atoms with E-state index in [9.17, 15) is 9.18 Å². The van der Waals surface area contributed by atoms with Crippen LogP contribution in [0.25, 0.3) is 0 Å². The van der Waals surface area contributed by atoms with Gasteiger partial charge < -0.3 is 14.7 Å². The molecule has 0 atom stereocenters. The number of likely N-dealkylation sites (tertiary alicyclic amines) is 1. The summed E-state index contributed by atoms with van der Waals surface area (Å²) in [5.41, 5.74) is -0.328. The summed E-state index contributed by atoms with van der Waals surface area (Å²) in [5, 5.41) is 8.73. The van der Waals surface area contributed by atoms with Crippen molar-refractivity contribution in [3.05, 3.63) is 29.6 Å². The molecule has 1 N–H and O–H groups in total. The third kappa shape index (κ3) is 4.20. The largest absolute Gasteiger partial charge is 0.493 e. The van der Waals surface area contributed by atoms with Crippen LogP contribution in [0.3, 0.4) is 0 Å². The number of nitrogens with zero attached hydrogens (tertiary/aromatic N) is 1. The summed E-state index contributed by atoms with van der Waals surface area (Å²) in [5.74, 6) is -1.64. The van der Waals surface area contributed by atoms with Crippen LogP contribution >= 0.6 is 0 Å². The highest BCUT2D eigenvalue weighted by Gasteiger charge is 2.11. The Morgan fingerprint density at radius 3 is 2.70 bits per heavy atom. The summed E-state index contributed by atoms with van der Waals surface area (Å²) in [4.78, 5) is 13.1. The van der Waals surface area contributed by atoms with E-state index in [4.69, 9.17) is 9.84 Å². The number of carboxylic acids is 1. The van der Waals surface area contributed by atoms with Crippen LogP contribution in [0.4, 0.5) is 4.39 Å². The van der Waals surface area contributed by atoms with Gasteiger partial charge in [0.05, 0.1) is 12.2 Å². The van der Waals surface area contributed by atoms with Crippen LogP contribution in [0.1, 0.15) is 36.0 Å². The molecule has 0 unspecified atom stereocenters. The molecule has 1 aromatic rings.